The van der Waals surface area contributed by atoms with Gasteiger partial charge in [-0.2, -0.15) is 0 Å². The van der Waals surface area contributed by atoms with Crippen LogP contribution in [-0.4, -0.2) is 6.54 Å². The van der Waals surface area contributed by atoms with Gasteiger partial charge in [-0.15, -0.1) is 0 Å². The lowest BCUT2D eigenvalue weighted by Crippen LogP contribution is -2.33. The van der Waals surface area contributed by atoms with E-state index in [1.54, 1.807) is 0 Å². The lowest BCUT2D eigenvalue weighted by Gasteiger charge is -2.34. The number of benzene rings is 2. The summed E-state index contributed by atoms with van der Waals surface area (Å²) in [7, 11) is 0. The van der Waals surface area contributed by atoms with Crippen molar-refractivity contribution in [3.8, 4) is 0 Å². The molecule has 2 heteroatoms. The summed E-state index contributed by atoms with van der Waals surface area (Å²) in [5.74, 6) is 0. The number of hydrogen-bond acceptors (Lipinski definition) is 2. The zero-order valence-electron chi connectivity index (χ0n) is 12.3. The minimum atomic E-state index is 0.182. The molecule has 1 atom stereocenters. The zero-order chi connectivity index (χ0) is 14.1. The largest absolute Gasteiger partial charge is 0.367 e. The maximum Gasteiger partial charge on any atom is 0.0432 e. The van der Waals surface area contributed by atoms with Crippen molar-refractivity contribution in [3.05, 3.63) is 64.7 Å². The normalized spacial score (nSPS) is 17.9. The van der Waals surface area contributed by atoms with Crippen molar-refractivity contribution < 1.29 is 0 Å². The van der Waals surface area contributed by atoms with Gasteiger partial charge < -0.3 is 10.6 Å². The van der Waals surface area contributed by atoms with Gasteiger partial charge in [0.2, 0.25) is 0 Å². The molecule has 0 aliphatic carbocycles. The molecule has 0 bridgehead atoms. The third-order valence-corrected chi connectivity index (χ3v) is 4.25. The van der Waals surface area contributed by atoms with Gasteiger partial charge in [0, 0.05) is 24.8 Å². The second-order valence-corrected chi connectivity index (χ2v) is 5.81. The molecule has 2 N–H and O–H groups in total. The standard InChI is InChI=1S/C18H22N2/c1-13-7-8-14(2)15(11-13)12-20-10-9-17(19)16-5-3-4-6-18(16)20/h3-8,11,17H,9-10,12,19H2,1-2H3. The van der Waals surface area contributed by atoms with Gasteiger partial charge in [0.15, 0.2) is 0 Å². The van der Waals surface area contributed by atoms with Crippen molar-refractivity contribution in [2.45, 2.75) is 32.9 Å². The van der Waals surface area contributed by atoms with Crippen LogP contribution in [0, 0.1) is 13.8 Å². The Morgan fingerprint density at radius 3 is 2.80 bits per heavy atom. The third kappa shape index (κ3) is 2.44. The van der Waals surface area contributed by atoms with E-state index in [9.17, 15) is 0 Å². The van der Waals surface area contributed by atoms with Crippen LogP contribution < -0.4 is 10.6 Å². The molecule has 2 aromatic carbocycles. The first-order valence-corrected chi connectivity index (χ1v) is 7.31. The molecule has 0 saturated carbocycles. The van der Waals surface area contributed by atoms with Gasteiger partial charge in [0.05, 0.1) is 0 Å². The van der Waals surface area contributed by atoms with Gasteiger partial charge in [-0.25, -0.2) is 0 Å². The van der Waals surface area contributed by atoms with E-state index < -0.39 is 0 Å². The van der Waals surface area contributed by atoms with Crippen molar-refractivity contribution in [2.75, 3.05) is 11.4 Å². The van der Waals surface area contributed by atoms with Crippen molar-refractivity contribution in [1.29, 1.82) is 0 Å². The Morgan fingerprint density at radius 2 is 1.95 bits per heavy atom. The molecule has 20 heavy (non-hydrogen) atoms. The maximum atomic E-state index is 6.23. The lowest BCUT2D eigenvalue weighted by atomic mass is 9.96. The van der Waals surface area contributed by atoms with Crippen LogP contribution in [0.1, 0.15) is 34.7 Å². The highest BCUT2D eigenvalue weighted by Crippen LogP contribution is 2.33. The van der Waals surface area contributed by atoms with E-state index in [4.69, 9.17) is 5.73 Å². The molecule has 1 aliphatic rings. The Labute approximate surface area is 121 Å². The molecule has 0 radical (unpaired) electrons. The molecule has 1 aliphatic heterocycles. The highest BCUT2D eigenvalue weighted by atomic mass is 15.1. The molecule has 3 rings (SSSR count). The second kappa shape index (κ2) is 5.29. The topological polar surface area (TPSA) is 29.3 Å². The fraction of sp³-hybridized carbons (Fsp3) is 0.333. The van der Waals surface area contributed by atoms with Crippen LogP contribution >= 0.6 is 0 Å². The molecule has 2 nitrogen and oxygen atoms in total. The summed E-state index contributed by atoms with van der Waals surface area (Å²) in [4.78, 5) is 2.46. The summed E-state index contributed by atoms with van der Waals surface area (Å²) in [5.41, 5.74) is 12.9. The van der Waals surface area contributed by atoms with E-state index in [0.717, 1.165) is 19.5 Å². The fourth-order valence-corrected chi connectivity index (χ4v) is 3.00. The van der Waals surface area contributed by atoms with Crippen molar-refractivity contribution >= 4 is 5.69 Å². The number of nitrogens with zero attached hydrogens (tertiary/aromatic N) is 1. The summed E-state index contributed by atoms with van der Waals surface area (Å²) in [5, 5.41) is 0. The van der Waals surface area contributed by atoms with E-state index in [0.29, 0.717) is 0 Å². The fourth-order valence-electron chi connectivity index (χ4n) is 3.00. The summed E-state index contributed by atoms with van der Waals surface area (Å²) in [6.07, 6.45) is 1.03. The van der Waals surface area contributed by atoms with Crippen molar-refractivity contribution in [2.24, 2.45) is 5.73 Å². The smallest absolute Gasteiger partial charge is 0.0432 e. The van der Waals surface area contributed by atoms with Crippen LogP contribution in [0.3, 0.4) is 0 Å². The van der Waals surface area contributed by atoms with Gasteiger partial charge in [-0.3, -0.25) is 0 Å². The van der Waals surface area contributed by atoms with E-state index in [2.05, 4.69) is 61.2 Å². The Morgan fingerprint density at radius 1 is 1.15 bits per heavy atom. The van der Waals surface area contributed by atoms with Gasteiger partial charge in [-0.1, -0.05) is 42.0 Å². The van der Waals surface area contributed by atoms with Gasteiger partial charge in [0.25, 0.3) is 0 Å². The Hall–Kier alpha value is -1.80. The van der Waals surface area contributed by atoms with Gasteiger partial charge in [0.1, 0.15) is 0 Å². The summed E-state index contributed by atoms with van der Waals surface area (Å²) >= 11 is 0. The minimum Gasteiger partial charge on any atom is -0.367 e. The number of anilines is 1. The first kappa shape index (κ1) is 13.2. The van der Waals surface area contributed by atoms with E-state index in [1.807, 2.05) is 0 Å². The minimum absolute atomic E-state index is 0.182. The second-order valence-electron chi connectivity index (χ2n) is 5.81. The quantitative estimate of drug-likeness (QED) is 0.897. The Kier molecular flexibility index (Phi) is 3.49. The molecule has 2 aromatic rings. The first-order chi connectivity index (χ1) is 9.65. The van der Waals surface area contributed by atoms with Gasteiger partial charge in [-0.05, 0) is 43.0 Å². The van der Waals surface area contributed by atoms with E-state index in [1.165, 1.54) is 27.9 Å². The molecule has 0 spiro atoms. The number of aryl methyl sites for hydroxylation is 2. The lowest BCUT2D eigenvalue weighted by molar-refractivity contribution is 0.590. The zero-order valence-corrected chi connectivity index (χ0v) is 12.3. The average Bonchev–Trinajstić information content (AvgIpc) is 2.46. The highest BCUT2D eigenvalue weighted by molar-refractivity contribution is 5.57. The number of nitrogens with two attached hydrogens (primary N) is 1. The van der Waals surface area contributed by atoms with Crippen LogP contribution in [0.2, 0.25) is 0 Å². The predicted octanol–water partition coefficient (Wildman–Crippen LogP) is 3.71. The Bertz CT molecular complexity index is 619. The van der Waals surface area contributed by atoms with Crippen LogP contribution in [0.25, 0.3) is 0 Å². The molecule has 1 unspecified atom stereocenters. The van der Waals surface area contributed by atoms with E-state index >= 15 is 0 Å². The molecular weight excluding hydrogens is 244 g/mol. The molecule has 0 amide bonds. The van der Waals surface area contributed by atoms with Crippen LogP contribution in [0.4, 0.5) is 5.69 Å². The van der Waals surface area contributed by atoms with Gasteiger partial charge >= 0.3 is 0 Å². The van der Waals surface area contributed by atoms with E-state index in [-0.39, 0.29) is 6.04 Å². The highest BCUT2D eigenvalue weighted by Gasteiger charge is 2.22. The summed E-state index contributed by atoms with van der Waals surface area (Å²) in [6.45, 7) is 6.35. The number of para-hydroxylation sites is 1. The SMILES string of the molecule is Cc1ccc(C)c(CN2CCC(N)c3ccccc32)c1. The van der Waals surface area contributed by atoms with Crippen molar-refractivity contribution in [1.82, 2.24) is 0 Å². The number of fused-ring (bicyclic) bond motifs is 1. The first-order valence-electron chi connectivity index (χ1n) is 7.31. The molecule has 0 fully saturated rings. The number of hydrogen-bond donors (Lipinski definition) is 1. The molecule has 1 heterocycles. The summed E-state index contributed by atoms with van der Waals surface area (Å²) < 4.78 is 0. The number of rotatable bonds is 2. The Balaban J connectivity index is 1.92. The van der Waals surface area contributed by atoms with Crippen LogP contribution in [0.15, 0.2) is 42.5 Å². The van der Waals surface area contributed by atoms with Crippen molar-refractivity contribution in [3.63, 3.8) is 0 Å². The summed E-state index contributed by atoms with van der Waals surface area (Å²) in [6, 6.07) is 15.4. The molecular formula is C18H22N2. The van der Waals surface area contributed by atoms with Crippen LogP contribution in [-0.2, 0) is 6.54 Å². The third-order valence-electron chi connectivity index (χ3n) is 4.25. The van der Waals surface area contributed by atoms with Crippen LogP contribution in [0.5, 0.6) is 0 Å². The average molecular weight is 266 g/mol. The molecule has 104 valence electrons. The monoisotopic (exact) mass is 266 g/mol. The maximum absolute atomic E-state index is 6.23. The molecule has 0 saturated heterocycles. The predicted molar refractivity (Wildman–Crippen MR) is 85.0 cm³/mol. The molecule has 0 aromatic heterocycles.